The van der Waals surface area contributed by atoms with Gasteiger partial charge in [0.25, 0.3) is 0 Å². The third kappa shape index (κ3) is 6.86. The fraction of sp³-hybridized carbons (Fsp3) is 0.286. The van der Waals surface area contributed by atoms with Gasteiger partial charge in [0.15, 0.2) is 0 Å². The highest BCUT2D eigenvalue weighted by Crippen LogP contribution is 2.33. The van der Waals surface area contributed by atoms with Crippen LogP contribution in [0.2, 0.25) is 5.02 Å². The van der Waals surface area contributed by atoms with Crippen LogP contribution in [0.25, 0.3) is 22.0 Å². The molecule has 1 unspecified atom stereocenters. The highest BCUT2D eigenvalue weighted by Gasteiger charge is 2.32. The van der Waals surface area contributed by atoms with Crippen LogP contribution in [0.15, 0.2) is 85.5 Å². The second-order valence-corrected chi connectivity index (χ2v) is 12.2. The van der Waals surface area contributed by atoms with Gasteiger partial charge in [-0.05, 0) is 78.1 Å². The van der Waals surface area contributed by atoms with Crippen LogP contribution < -0.4 is 10.1 Å². The predicted molar refractivity (Wildman–Crippen MR) is 174 cm³/mol. The second-order valence-electron chi connectivity index (χ2n) is 11.7. The molecule has 0 radical (unpaired) electrons. The van der Waals surface area contributed by atoms with E-state index in [9.17, 15) is 9.18 Å². The first-order chi connectivity index (χ1) is 22.0. The standard InChI is InChI=1S/C35H34ClFN6O2/c36-32-18-28(5-9-34(32)45-22-24-2-1-3-27(37)16-24)40-35-31-17-25(4-8-33(31)38-23-39-35)26-10-11-41(19-26)20-30(21-44)43-14-12-42(13-15-43)29-6-7-29/h1-5,8-11,16-19,21,23,29-30H,6-7,12-15,20,22H2,(H,38,39,40). The first kappa shape index (κ1) is 29.4. The van der Waals surface area contributed by atoms with Gasteiger partial charge in [-0.1, -0.05) is 29.8 Å². The Labute approximate surface area is 266 Å². The van der Waals surface area contributed by atoms with Crippen molar-refractivity contribution in [2.45, 2.75) is 38.1 Å². The van der Waals surface area contributed by atoms with Gasteiger partial charge in [-0.2, -0.15) is 0 Å². The molecule has 5 aromatic rings. The zero-order chi connectivity index (χ0) is 30.8. The summed E-state index contributed by atoms with van der Waals surface area (Å²) in [5.74, 6) is 0.847. The summed E-state index contributed by atoms with van der Waals surface area (Å²) in [6.45, 7) is 4.79. The number of hydrogen-bond donors (Lipinski definition) is 1. The number of carbonyl (C=O) groups is 1. The zero-order valence-corrected chi connectivity index (χ0v) is 25.5. The third-order valence-corrected chi connectivity index (χ3v) is 8.93. The van der Waals surface area contributed by atoms with Crippen LogP contribution in [0.3, 0.4) is 0 Å². The van der Waals surface area contributed by atoms with Gasteiger partial charge in [-0.25, -0.2) is 14.4 Å². The lowest BCUT2D eigenvalue weighted by molar-refractivity contribution is -0.113. The topological polar surface area (TPSA) is 75.5 Å². The molecule has 1 aliphatic heterocycles. The number of ether oxygens (including phenoxy) is 1. The Kier molecular flexibility index (Phi) is 8.47. The van der Waals surface area contributed by atoms with Crippen molar-refractivity contribution in [2.24, 2.45) is 0 Å². The van der Waals surface area contributed by atoms with Gasteiger partial charge in [-0.15, -0.1) is 0 Å². The third-order valence-electron chi connectivity index (χ3n) is 8.63. The summed E-state index contributed by atoms with van der Waals surface area (Å²) in [6.07, 6.45) is 9.39. The minimum absolute atomic E-state index is 0.141. The molecule has 2 aliphatic rings. The number of nitrogens with one attached hydrogen (secondary N) is 1. The number of aromatic nitrogens is 3. The lowest BCUT2D eigenvalue weighted by atomic mass is 10.1. The first-order valence-electron chi connectivity index (χ1n) is 15.3. The van der Waals surface area contributed by atoms with Crippen molar-refractivity contribution in [3.63, 3.8) is 0 Å². The summed E-state index contributed by atoms with van der Waals surface area (Å²) >= 11 is 6.54. The molecule has 1 saturated carbocycles. The largest absolute Gasteiger partial charge is 0.487 e. The van der Waals surface area contributed by atoms with Gasteiger partial charge in [0.1, 0.15) is 36.6 Å². The Morgan fingerprint density at radius 2 is 1.87 bits per heavy atom. The molecule has 10 heteroatoms. The molecule has 0 amide bonds. The van der Waals surface area contributed by atoms with Crippen LogP contribution in [0.5, 0.6) is 5.75 Å². The van der Waals surface area contributed by atoms with Crippen LogP contribution >= 0.6 is 11.6 Å². The van der Waals surface area contributed by atoms with Gasteiger partial charge < -0.3 is 19.4 Å². The van der Waals surface area contributed by atoms with E-state index in [0.717, 1.165) is 71.8 Å². The molecule has 230 valence electrons. The molecule has 1 saturated heterocycles. The number of hydrogen-bond acceptors (Lipinski definition) is 7. The van der Waals surface area contributed by atoms with Gasteiger partial charge in [0, 0.05) is 62.2 Å². The van der Waals surface area contributed by atoms with E-state index in [2.05, 4.69) is 54.0 Å². The average Bonchev–Trinajstić information content (AvgIpc) is 3.81. The fourth-order valence-corrected chi connectivity index (χ4v) is 6.25. The van der Waals surface area contributed by atoms with E-state index in [1.54, 1.807) is 24.3 Å². The molecular weight excluding hydrogens is 591 g/mol. The normalized spacial score (nSPS) is 16.5. The summed E-state index contributed by atoms with van der Waals surface area (Å²) in [6, 6.07) is 20.5. The van der Waals surface area contributed by atoms with Crippen LogP contribution in [-0.2, 0) is 17.9 Å². The number of benzene rings is 3. The molecule has 7 rings (SSSR count). The van der Waals surface area contributed by atoms with E-state index in [1.165, 1.54) is 31.3 Å². The maximum atomic E-state index is 13.5. The van der Waals surface area contributed by atoms with Crippen molar-refractivity contribution in [2.75, 3.05) is 31.5 Å². The zero-order valence-electron chi connectivity index (χ0n) is 24.8. The molecule has 0 bridgehead atoms. The fourth-order valence-electron chi connectivity index (χ4n) is 6.02. The van der Waals surface area contributed by atoms with Gasteiger partial charge >= 0.3 is 0 Å². The molecular formula is C35H34ClFN6O2. The van der Waals surface area contributed by atoms with E-state index in [0.29, 0.717) is 23.1 Å². The molecule has 3 heterocycles. The maximum Gasteiger partial charge on any atom is 0.141 e. The van der Waals surface area contributed by atoms with E-state index in [-0.39, 0.29) is 18.5 Å². The molecule has 0 spiro atoms. The summed E-state index contributed by atoms with van der Waals surface area (Å²) in [7, 11) is 0. The lowest BCUT2D eigenvalue weighted by Gasteiger charge is -2.37. The van der Waals surface area contributed by atoms with E-state index < -0.39 is 0 Å². The number of rotatable bonds is 11. The summed E-state index contributed by atoms with van der Waals surface area (Å²) < 4.78 is 21.4. The molecule has 1 aliphatic carbocycles. The maximum absolute atomic E-state index is 13.5. The minimum atomic E-state index is -0.306. The van der Waals surface area contributed by atoms with Crippen LogP contribution in [0, 0.1) is 5.82 Å². The van der Waals surface area contributed by atoms with Crippen molar-refractivity contribution in [3.05, 3.63) is 102 Å². The van der Waals surface area contributed by atoms with Gasteiger partial charge in [0.2, 0.25) is 0 Å². The van der Waals surface area contributed by atoms with Crippen LogP contribution in [0.1, 0.15) is 18.4 Å². The monoisotopic (exact) mass is 624 g/mol. The molecule has 2 aromatic heterocycles. The number of nitrogens with zero attached hydrogens (tertiary/aromatic N) is 5. The SMILES string of the molecule is O=CC(Cn1ccc(-c2ccc3ncnc(Nc4ccc(OCc5cccc(F)c5)c(Cl)c4)c3c2)c1)N1CCN(C2CC2)CC1. The Balaban J connectivity index is 1.04. The first-order valence-corrected chi connectivity index (χ1v) is 15.7. The van der Waals surface area contributed by atoms with E-state index in [4.69, 9.17) is 16.3 Å². The smallest absolute Gasteiger partial charge is 0.141 e. The quantitative estimate of drug-likeness (QED) is 0.167. The van der Waals surface area contributed by atoms with Gasteiger partial charge in [-0.3, -0.25) is 9.80 Å². The van der Waals surface area contributed by atoms with Gasteiger partial charge in [0.05, 0.1) is 16.6 Å². The predicted octanol–water partition coefficient (Wildman–Crippen LogP) is 6.56. The molecule has 45 heavy (non-hydrogen) atoms. The van der Waals surface area contributed by atoms with E-state index in [1.807, 2.05) is 18.3 Å². The molecule has 2 fully saturated rings. The number of piperazine rings is 1. The molecule has 8 nitrogen and oxygen atoms in total. The Hall–Kier alpha value is -4.31. The summed E-state index contributed by atoms with van der Waals surface area (Å²) in [5, 5.41) is 4.66. The Morgan fingerprint density at radius 3 is 2.64 bits per heavy atom. The Bertz CT molecular complexity index is 1820. The summed E-state index contributed by atoms with van der Waals surface area (Å²) in [5.41, 5.74) is 4.35. The Morgan fingerprint density at radius 1 is 1.00 bits per heavy atom. The van der Waals surface area contributed by atoms with Crippen molar-refractivity contribution in [1.82, 2.24) is 24.3 Å². The summed E-state index contributed by atoms with van der Waals surface area (Å²) in [4.78, 5) is 25.9. The average molecular weight is 625 g/mol. The molecule has 1 atom stereocenters. The number of anilines is 2. The van der Waals surface area contributed by atoms with Crippen LogP contribution in [0.4, 0.5) is 15.9 Å². The molecule has 3 aromatic carbocycles. The second kappa shape index (κ2) is 13.0. The highest BCUT2D eigenvalue weighted by molar-refractivity contribution is 6.32. The van der Waals surface area contributed by atoms with Crippen molar-refractivity contribution >= 4 is 40.3 Å². The van der Waals surface area contributed by atoms with Crippen LogP contribution in [-0.4, -0.2) is 68.9 Å². The highest BCUT2D eigenvalue weighted by atomic mass is 35.5. The molecule has 1 N–H and O–H groups in total. The lowest BCUT2D eigenvalue weighted by Crippen LogP contribution is -2.52. The van der Waals surface area contributed by atoms with Crippen molar-refractivity contribution < 1.29 is 13.9 Å². The number of fused-ring (bicyclic) bond motifs is 1. The van der Waals surface area contributed by atoms with Crippen molar-refractivity contribution in [1.29, 1.82) is 0 Å². The number of carbonyl (C=O) groups excluding carboxylic acids is 1. The number of aldehydes is 1. The minimum Gasteiger partial charge on any atom is -0.487 e. The number of halogens is 2. The van der Waals surface area contributed by atoms with E-state index >= 15 is 0 Å². The van der Waals surface area contributed by atoms with Crippen molar-refractivity contribution in [3.8, 4) is 16.9 Å².